The van der Waals surface area contributed by atoms with Crippen LogP contribution in [0.15, 0.2) is 18.2 Å². The largest absolute Gasteiger partial charge is 0.335 e. The van der Waals surface area contributed by atoms with Crippen LogP contribution in [0.1, 0.15) is 12.8 Å². The summed E-state index contributed by atoms with van der Waals surface area (Å²) in [5.41, 5.74) is -0.0252. The first-order valence-corrected chi connectivity index (χ1v) is 5.88. The van der Waals surface area contributed by atoms with Gasteiger partial charge >= 0.3 is 6.03 Å². The highest BCUT2D eigenvalue weighted by Gasteiger charge is 2.16. The third-order valence-corrected chi connectivity index (χ3v) is 2.85. The van der Waals surface area contributed by atoms with Gasteiger partial charge in [-0.1, -0.05) is 0 Å². The zero-order valence-corrected chi connectivity index (χ0v) is 9.80. The number of amides is 2. The number of rotatable bonds is 2. The Balaban J connectivity index is 1.90. The number of hydrogen-bond donors (Lipinski definition) is 3. The molecule has 2 amide bonds. The van der Waals surface area contributed by atoms with Gasteiger partial charge in [0.15, 0.2) is 0 Å². The number of piperidine rings is 1. The zero-order valence-electron chi connectivity index (χ0n) is 9.80. The zero-order chi connectivity index (χ0) is 13.0. The molecule has 1 aliphatic heterocycles. The third kappa shape index (κ3) is 3.40. The number of anilines is 1. The van der Waals surface area contributed by atoms with Crippen molar-refractivity contribution in [1.29, 1.82) is 0 Å². The maximum absolute atomic E-state index is 13.3. The molecule has 1 heterocycles. The smallest absolute Gasteiger partial charge is 0.319 e. The molecule has 0 atom stereocenters. The lowest BCUT2D eigenvalue weighted by Gasteiger charge is -2.23. The molecule has 3 N–H and O–H groups in total. The number of carbonyl (C=O) groups is 1. The van der Waals surface area contributed by atoms with Crippen LogP contribution in [0.2, 0.25) is 0 Å². The minimum Gasteiger partial charge on any atom is -0.335 e. The van der Waals surface area contributed by atoms with Crippen LogP contribution in [0.5, 0.6) is 0 Å². The Morgan fingerprint density at radius 2 is 2.00 bits per heavy atom. The van der Waals surface area contributed by atoms with Crippen LogP contribution < -0.4 is 16.0 Å². The van der Waals surface area contributed by atoms with Crippen LogP contribution in [0.3, 0.4) is 0 Å². The average molecular weight is 255 g/mol. The van der Waals surface area contributed by atoms with Gasteiger partial charge in [0.1, 0.15) is 11.6 Å². The molecule has 1 saturated heterocycles. The molecule has 0 spiro atoms. The Morgan fingerprint density at radius 1 is 1.28 bits per heavy atom. The number of carbonyl (C=O) groups excluding carboxylic acids is 1. The van der Waals surface area contributed by atoms with E-state index in [0.717, 1.165) is 38.1 Å². The molecule has 1 aromatic carbocycles. The minimum absolute atomic E-state index is 0.0252. The fourth-order valence-electron chi connectivity index (χ4n) is 1.90. The second-order valence-electron chi connectivity index (χ2n) is 4.25. The second kappa shape index (κ2) is 5.77. The molecule has 0 radical (unpaired) electrons. The summed E-state index contributed by atoms with van der Waals surface area (Å²) in [6, 6.07) is 2.66. The van der Waals surface area contributed by atoms with Gasteiger partial charge in [0.05, 0.1) is 5.69 Å². The van der Waals surface area contributed by atoms with Gasteiger partial charge < -0.3 is 16.0 Å². The molecule has 6 heteroatoms. The van der Waals surface area contributed by atoms with E-state index in [1.807, 2.05) is 0 Å². The third-order valence-electron chi connectivity index (χ3n) is 2.85. The molecule has 0 aromatic heterocycles. The van der Waals surface area contributed by atoms with E-state index in [-0.39, 0.29) is 11.7 Å². The summed E-state index contributed by atoms with van der Waals surface area (Å²) in [5, 5.41) is 8.31. The number of urea groups is 1. The van der Waals surface area contributed by atoms with E-state index in [1.165, 1.54) is 6.07 Å². The predicted octanol–water partition coefficient (Wildman–Crippen LogP) is 1.84. The van der Waals surface area contributed by atoms with Crippen molar-refractivity contribution >= 4 is 11.7 Å². The lowest BCUT2D eigenvalue weighted by atomic mass is 10.1. The first-order valence-electron chi connectivity index (χ1n) is 5.88. The standard InChI is InChI=1S/C12H15F2N3O/c13-8-1-2-11(10(14)7-8)17-12(18)16-9-3-5-15-6-4-9/h1-2,7,9,15H,3-6H2,(H2,16,17,18). The summed E-state index contributed by atoms with van der Waals surface area (Å²) in [5.74, 6) is -1.45. The molecule has 0 aliphatic carbocycles. The topological polar surface area (TPSA) is 53.2 Å². The van der Waals surface area contributed by atoms with Crippen LogP contribution in [0.25, 0.3) is 0 Å². The molecule has 1 aromatic rings. The van der Waals surface area contributed by atoms with Gasteiger partial charge in [0.2, 0.25) is 0 Å². The van der Waals surface area contributed by atoms with Gasteiger partial charge in [-0.2, -0.15) is 0 Å². The Hall–Kier alpha value is -1.69. The van der Waals surface area contributed by atoms with E-state index >= 15 is 0 Å². The first-order chi connectivity index (χ1) is 8.65. The molecule has 4 nitrogen and oxygen atoms in total. The molecular formula is C12H15F2N3O. The van der Waals surface area contributed by atoms with Crippen molar-refractivity contribution in [2.75, 3.05) is 18.4 Å². The molecule has 98 valence electrons. The van der Waals surface area contributed by atoms with Crippen molar-refractivity contribution in [3.63, 3.8) is 0 Å². The first kappa shape index (κ1) is 12.8. The predicted molar refractivity (Wildman–Crippen MR) is 64.4 cm³/mol. The van der Waals surface area contributed by atoms with Crippen LogP contribution in [-0.4, -0.2) is 25.2 Å². The number of benzene rings is 1. The lowest BCUT2D eigenvalue weighted by Crippen LogP contribution is -2.44. The second-order valence-corrected chi connectivity index (χ2v) is 4.25. The maximum atomic E-state index is 13.3. The quantitative estimate of drug-likeness (QED) is 0.755. The van der Waals surface area contributed by atoms with E-state index in [4.69, 9.17) is 0 Å². The summed E-state index contributed by atoms with van der Waals surface area (Å²) in [7, 11) is 0. The van der Waals surface area contributed by atoms with Crippen molar-refractivity contribution in [1.82, 2.24) is 10.6 Å². The molecule has 0 bridgehead atoms. The highest BCUT2D eigenvalue weighted by Crippen LogP contribution is 2.14. The molecule has 18 heavy (non-hydrogen) atoms. The van der Waals surface area contributed by atoms with Crippen LogP contribution in [0.4, 0.5) is 19.3 Å². The van der Waals surface area contributed by atoms with E-state index in [1.54, 1.807) is 0 Å². The van der Waals surface area contributed by atoms with Crippen molar-refractivity contribution < 1.29 is 13.6 Å². The average Bonchev–Trinajstić information content (AvgIpc) is 2.34. The van der Waals surface area contributed by atoms with Crippen molar-refractivity contribution in [2.24, 2.45) is 0 Å². The SMILES string of the molecule is O=C(Nc1ccc(F)cc1F)NC1CCNCC1. The number of halogens is 2. The monoisotopic (exact) mass is 255 g/mol. The summed E-state index contributed by atoms with van der Waals surface area (Å²) < 4.78 is 26.0. The summed E-state index contributed by atoms with van der Waals surface area (Å²) in [6.45, 7) is 1.71. The highest BCUT2D eigenvalue weighted by molar-refractivity contribution is 5.89. The van der Waals surface area contributed by atoms with Gasteiger partial charge in [0, 0.05) is 12.1 Å². The highest BCUT2D eigenvalue weighted by atomic mass is 19.1. The van der Waals surface area contributed by atoms with E-state index < -0.39 is 17.7 Å². The molecular weight excluding hydrogens is 240 g/mol. The fraction of sp³-hybridized carbons (Fsp3) is 0.417. The summed E-state index contributed by atoms with van der Waals surface area (Å²) >= 11 is 0. The molecule has 1 fully saturated rings. The summed E-state index contributed by atoms with van der Waals surface area (Å²) in [4.78, 5) is 11.6. The number of hydrogen-bond acceptors (Lipinski definition) is 2. The normalized spacial score (nSPS) is 16.3. The Kier molecular flexibility index (Phi) is 4.09. The maximum Gasteiger partial charge on any atom is 0.319 e. The van der Waals surface area contributed by atoms with Gasteiger partial charge in [-0.15, -0.1) is 0 Å². The van der Waals surface area contributed by atoms with Gasteiger partial charge in [0.25, 0.3) is 0 Å². The van der Waals surface area contributed by atoms with Crippen molar-refractivity contribution in [2.45, 2.75) is 18.9 Å². The van der Waals surface area contributed by atoms with Gasteiger partial charge in [-0.3, -0.25) is 0 Å². The van der Waals surface area contributed by atoms with E-state index in [2.05, 4.69) is 16.0 Å². The van der Waals surface area contributed by atoms with Crippen molar-refractivity contribution in [3.8, 4) is 0 Å². The van der Waals surface area contributed by atoms with Gasteiger partial charge in [-0.25, -0.2) is 13.6 Å². The van der Waals surface area contributed by atoms with Crippen LogP contribution in [-0.2, 0) is 0 Å². The summed E-state index contributed by atoms with van der Waals surface area (Å²) in [6.07, 6.45) is 1.69. The molecule has 1 aliphatic rings. The Bertz CT molecular complexity index is 433. The van der Waals surface area contributed by atoms with Crippen LogP contribution >= 0.6 is 0 Å². The van der Waals surface area contributed by atoms with Crippen LogP contribution in [0, 0.1) is 11.6 Å². The van der Waals surface area contributed by atoms with E-state index in [9.17, 15) is 13.6 Å². The van der Waals surface area contributed by atoms with Crippen molar-refractivity contribution in [3.05, 3.63) is 29.8 Å². The number of nitrogens with one attached hydrogen (secondary N) is 3. The lowest BCUT2D eigenvalue weighted by molar-refractivity contribution is 0.245. The molecule has 0 saturated carbocycles. The minimum atomic E-state index is -0.782. The van der Waals surface area contributed by atoms with Gasteiger partial charge in [-0.05, 0) is 38.1 Å². The fourth-order valence-corrected chi connectivity index (χ4v) is 1.90. The molecule has 0 unspecified atom stereocenters. The van der Waals surface area contributed by atoms with E-state index in [0.29, 0.717) is 0 Å². The Labute approximate surface area is 104 Å². The molecule has 2 rings (SSSR count). The Morgan fingerprint density at radius 3 is 2.67 bits per heavy atom.